The zero-order valence-corrected chi connectivity index (χ0v) is 21.2. The summed E-state index contributed by atoms with van der Waals surface area (Å²) in [7, 11) is 0. The van der Waals surface area contributed by atoms with Crippen LogP contribution in [-0.4, -0.2) is 60.4 Å². The summed E-state index contributed by atoms with van der Waals surface area (Å²) in [5, 5.41) is 0.613. The summed E-state index contributed by atoms with van der Waals surface area (Å²) in [6.45, 7) is 15.6. The minimum Gasteiger partial charge on any atom is -0.381 e. The molecule has 2 fully saturated rings. The average Bonchev–Trinajstić information content (AvgIpc) is 2.87. The van der Waals surface area contributed by atoms with Gasteiger partial charge in [-0.2, -0.15) is 0 Å². The molecule has 0 bridgehead atoms. The molecule has 2 atom stereocenters. The summed E-state index contributed by atoms with van der Waals surface area (Å²) in [4.78, 5) is 33.7. The van der Waals surface area contributed by atoms with Crippen molar-refractivity contribution in [2.24, 2.45) is 5.92 Å². The molecule has 35 heavy (non-hydrogen) atoms. The van der Waals surface area contributed by atoms with Crippen molar-refractivity contribution in [1.29, 1.82) is 0 Å². The number of hydrogen-bond donors (Lipinski definition) is 0. The molecule has 0 spiro atoms. The van der Waals surface area contributed by atoms with E-state index in [4.69, 9.17) is 22.9 Å². The number of piperazine rings is 1. The van der Waals surface area contributed by atoms with Crippen LogP contribution in [0.2, 0.25) is 5.02 Å². The second-order valence-electron chi connectivity index (χ2n) is 9.64. The number of halogens is 1. The predicted molar refractivity (Wildman–Crippen MR) is 137 cm³/mol. The number of hydrogen-bond acceptors (Lipinski definition) is 4. The number of rotatable bonds is 6. The first-order chi connectivity index (χ1) is 16.9. The monoisotopic (exact) mass is 493 g/mol. The van der Waals surface area contributed by atoms with Crippen LogP contribution in [0.4, 0.5) is 5.69 Å². The smallest absolute Gasteiger partial charge is 0.228 e. The van der Waals surface area contributed by atoms with E-state index in [0.29, 0.717) is 29.4 Å². The second kappa shape index (κ2) is 11.3. The van der Waals surface area contributed by atoms with Crippen LogP contribution >= 0.6 is 11.6 Å². The Kier molecular flexibility index (Phi) is 8.22. The maximum atomic E-state index is 13.0. The lowest BCUT2D eigenvalue weighted by Crippen LogP contribution is -2.55. The average molecular weight is 494 g/mol. The largest absolute Gasteiger partial charge is 0.381 e. The highest BCUT2D eigenvalue weighted by Crippen LogP contribution is 2.26. The Morgan fingerprint density at radius 1 is 1.20 bits per heavy atom. The van der Waals surface area contributed by atoms with Gasteiger partial charge in [-0.15, -0.1) is 0 Å². The van der Waals surface area contributed by atoms with Gasteiger partial charge in [0.1, 0.15) is 0 Å². The maximum absolute atomic E-state index is 13.0. The van der Waals surface area contributed by atoms with Crippen molar-refractivity contribution in [3.63, 3.8) is 0 Å². The zero-order valence-electron chi connectivity index (χ0n) is 20.4. The fourth-order valence-corrected chi connectivity index (χ4v) is 5.35. The number of Topliss-reactive ketones (excluding diaryl/α,β-unsaturated/α-hetero) is 1. The lowest BCUT2D eigenvalue weighted by Gasteiger charge is -2.42. The Labute approximate surface area is 212 Å². The summed E-state index contributed by atoms with van der Waals surface area (Å²) < 4.78 is 5.52. The number of ketones is 1. The van der Waals surface area contributed by atoms with Gasteiger partial charge in [0.05, 0.1) is 19.1 Å². The minimum absolute atomic E-state index is 0.0106. The molecule has 6 nitrogen and oxygen atoms in total. The number of ether oxygens (including phenoxy) is 1. The van der Waals surface area contributed by atoms with Gasteiger partial charge in [0.2, 0.25) is 5.91 Å². The fourth-order valence-electron chi connectivity index (χ4n) is 5.08. The van der Waals surface area contributed by atoms with Crippen LogP contribution in [0.1, 0.15) is 46.8 Å². The molecular weight excluding hydrogens is 462 g/mol. The van der Waals surface area contributed by atoms with Gasteiger partial charge in [-0.05, 0) is 61.6 Å². The van der Waals surface area contributed by atoms with Crippen LogP contribution in [-0.2, 0) is 22.5 Å². The Bertz CT molecular complexity index is 1140. The third-order valence-corrected chi connectivity index (χ3v) is 7.35. The van der Waals surface area contributed by atoms with Gasteiger partial charge >= 0.3 is 0 Å². The molecule has 0 saturated carbocycles. The molecule has 0 aliphatic carbocycles. The summed E-state index contributed by atoms with van der Waals surface area (Å²) in [6.07, 6.45) is 2.11. The number of carbonyl (C=O) groups is 2. The van der Waals surface area contributed by atoms with Crippen molar-refractivity contribution in [1.82, 2.24) is 9.80 Å². The number of nitrogens with zero attached hydrogens (tertiary/aromatic N) is 3. The molecular formula is C28H32ClN3O3. The topological polar surface area (TPSA) is 54.2 Å². The molecule has 2 aliphatic rings. The Balaban J connectivity index is 1.42. The molecule has 0 aromatic heterocycles. The molecule has 0 radical (unpaired) electrons. The van der Waals surface area contributed by atoms with Crippen molar-refractivity contribution < 1.29 is 14.3 Å². The van der Waals surface area contributed by atoms with Crippen LogP contribution in [0.5, 0.6) is 0 Å². The first-order valence-corrected chi connectivity index (χ1v) is 12.6. The van der Waals surface area contributed by atoms with E-state index in [1.165, 1.54) is 0 Å². The van der Waals surface area contributed by atoms with E-state index in [-0.39, 0.29) is 30.1 Å². The maximum Gasteiger partial charge on any atom is 0.228 e. The van der Waals surface area contributed by atoms with E-state index in [0.717, 1.165) is 55.8 Å². The summed E-state index contributed by atoms with van der Waals surface area (Å²) in [5.74, 6) is 0.182. The van der Waals surface area contributed by atoms with Crippen molar-refractivity contribution >= 4 is 29.0 Å². The molecule has 0 unspecified atom stereocenters. The van der Waals surface area contributed by atoms with Gasteiger partial charge in [0.25, 0.3) is 0 Å². The van der Waals surface area contributed by atoms with E-state index in [2.05, 4.69) is 16.7 Å². The van der Waals surface area contributed by atoms with E-state index >= 15 is 0 Å². The molecule has 2 aromatic rings. The van der Waals surface area contributed by atoms with Crippen molar-refractivity contribution in [2.45, 2.75) is 45.7 Å². The van der Waals surface area contributed by atoms with E-state index in [9.17, 15) is 9.59 Å². The first kappa shape index (κ1) is 25.4. The predicted octanol–water partition coefficient (Wildman–Crippen LogP) is 5.08. The molecule has 2 aromatic carbocycles. The third kappa shape index (κ3) is 6.10. The Hall–Kier alpha value is -2.72. The lowest BCUT2D eigenvalue weighted by molar-refractivity contribution is -0.144. The highest BCUT2D eigenvalue weighted by molar-refractivity contribution is 6.30. The number of benzene rings is 2. The van der Waals surface area contributed by atoms with Gasteiger partial charge in [0.15, 0.2) is 11.5 Å². The van der Waals surface area contributed by atoms with Crippen molar-refractivity contribution in [2.75, 3.05) is 32.8 Å². The van der Waals surface area contributed by atoms with Crippen molar-refractivity contribution in [3.05, 3.63) is 75.1 Å². The van der Waals surface area contributed by atoms with Crippen LogP contribution < -0.4 is 0 Å². The normalized spacial score (nSPS) is 20.9. The van der Waals surface area contributed by atoms with Gasteiger partial charge in [-0.3, -0.25) is 14.5 Å². The number of carbonyl (C=O) groups excluding carboxylic acids is 2. The Morgan fingerprint density at radius 2 is 2.00 bits per heavy atom. The Morgan fingerprint density at radius 3 is 2.71 bits per heavy atom. The molecule has 0 N–H and O–H groups in total. The standard InChI is InChI=1S/C28H32ClN3O3/c1-19-16-31(9-10-32(19)28(34)22-7-5-11-35-18-22)17-24-13-25(29)12-23(20(24)2)15-27(33)21-6-4-8-26(14-21)30-3/h4,6,8,12-14,19,22H,5,7,9-11,15-18H2,1-2H3/t19-,22-/m0/s1. The number of amides is 1. The first-order valence-electron chi connectivity index (χ1n) is 12.2. The lowest BCUT2D eigenvalue weighted by atomic mass is 9.95. The minimum atomic E-state index is -0.0285. The van der Waals surface area contributed by atoms with Crippen molar-refractivity contribution in [3.8, 4) is 0 Å². The van der Waals surface area contributed by atoms with Gasteiger partial charge in [0, 0.05) is 55.8 Å². The second-order valence-corrected chi connectivity index (χ2v) is 10.1. The van der Waals surface area contributed by atoms with Crippen LogP contribution in [0.15, 0.2) is 36.4 Å². The molecule has 4 rings (SSSR count). The third-order valence-electron chi connectivity index (χ3n) is 7.13. The highest BCUT2D eigenvalue weighted by Gasteiger charge is 2.33. The molecule has 1 amide bonds. The van der Waals surface area contributed by atoms with Gasteiger partial charge < -0.3 is 9.64 Å². The van der Waals surface area contributed by atoms with Gasteiger partial charge in [-0.1, -0.05) is 29.8 Å². The summed E-state index contributed by atoms with van der Waals surface area (Å²) in [6, 6.07) is 10.8. The van der Waals surface area contributed by atoms with Gasteiger partial charge in [-0.25, -0.2) is 4.85 Å². The molecule has 184 valence electrons. The molecule has 7 heteroatoms. The molecule has 2 aliphatic heterocycles. The van der Waals surface area contributed by atoms with Crippen LogP contribution in [0.25, 0.3) is 4.85 Å². The quantitative estimate of drug-likeness (QED) is 0.416. The van der Waals surface area contributed by atoms with E-state index in [1.807, 2.05) is 24.0 Å². The summed E-state index contributed by atoms with van der Waals surface area (Å²) >= 11 is 6.46. The molecule has 2 saturated heterocycles. The highest BCUT2D eigenvalue weighted by atomic mass is 35.5. The van der Waals surface area contributed by atoms with E-state index < -0.39 is 0 Å². The zero-order chi connectivity index (χ0) is 24.9. The van der Waals surface area contributed by atoms with E-state index in [1.54, 1.807) is 24.3 Å². The summed E-state index contributed by atoms with van der Waals surface area (Å²) in [5.41, 5.74) is 4.07. The van der Waals surface area contributed by atoms with Crippen LogP contribution in [0.3, 0.4) is 0 Å². The SMILES string of the molecule is [C-]#[N+]c1cccc(C(=O)Cc2cc(Cl)cc(CN3CCN(C(=O)[C@H]4CCCOC4)[C@@H](C)C3)c2C)c1. The molecule has 2 heterocycles. The fraction of sp³-hybridized carbons (Fsp3) is 0.464. The van der Waals surface area contributed by atoms with Crippen LogP contribution in [0, 0.1) is 19.4 Å².